The predicted molar refractivity (Wildman–Crippen MR) is 52.6 cm³/mol. The minimum Gasteiger partial charge on any atom is -0.479 e. The molecule has 1 aliphatic heterocycles. The van der Waals surface area contributed by atoms with Gasteiger partial charge in [-0.15, -0.1) is 0 Å². The van der Waals surface area contributed by atoms with Crippen LogP contribution in [-0.2, 0) is 9.53 Å². The molecule has 94 valence electrons. The van der Waals surface area contributed by atoms with Crippen molar-refractivity contribution in [2.75, 3.05) is 6.54 Å². The van der Waals surface area contributed by atoms with Gasteiger partial charge in [-0.05, 0) is 6.92 Å². The first kappa shape index (κ1) is 13.3. The molecule has 1 aliphatic rings. The smallest absolute Gasteiger partial charge is 0.335 e. The van der Waals surface area contributed by atoms with Crippen LogP contribution >= 0.6 is 0 Å². The third-order valence-corrected chi connectivity index (χ3v) is 2.80. The van der Waals surface area contributed by atoms with E-state index in [1.54, 1.807) is 0 Å². The Bertz CT molecular complexity index is 273. The lowest BCUT2D eigenvalue weighted by atomic mass is 9.87. The van der Waals surface area contributed by atoms with Crippen molar-refractivity contribution in [1.29, 1.82) is 0 Å². The molecule has 0 bridgehead atoms. The molecule has 2 unspecified atom stereocenters. The zero-order valence-corrected chi connectivity index (χ0v) is 8.91. The van der Waals surface area contributed by atoms with Gasteiger partial charge in [-0.3, -0.25) is 0 Å². The summed E-state index contributed by atoms with van der Waals surface area (Å²) in [7, 11) is 0. The van der Waals surface area contributed by atoms with E-state index in [1.165, 1.54) is 6.92 Å². The third-order valence-electron chi connectivity index (χ3n) is 2.80. The molecular weight excluding hydrogens is 218 g/mol. The summed E-state index contributed by atoms with van der Waals surface area (Å²) in [6, 6.07) is 0. The predicted octanol–water partition coefficient (Wildman–Crippen LogP) is -2.34. The van der Waals surface area contributed by atoms with Crippen molar-refractivity contribution in [3.05, 3.63) is 0 Å². The number of nitrogens with two attached hydrogens (primary N) is 1. The Morgan fingerprint density at radius 1 is 1.62 bits per heavy atom. The second-order valence-electron chi connectivity index (χ2n) is 4.18. The number of aliphatic hydroxyl groups excluding tert-OH is 3. The Labute approximate surface area is 92.4 Å². The SMILES string of the molecule is C[C@]1(C(=O)O)C[C@H](O)C(O)C([C@H](O)CN)O1. The van der Waals surface area contributed by atoms with Gasteiger partial charge < -0.3 is 30.9 Å². The molecule has 16 heavy (non-hydrogen) atoms. The minimum absolute atomic E-state index is 0.190. The summed E-state index contributed by atoms with van der Waals surface area (Å²) < 4.78 is 5.13. The van der Waals surface area contributed by atoms with Crippen molar-refractivity contribution in [3.63, 3.8) is 0 Å². The molecule has 0 spiro atoms. The van der Waals surface area contributed by atoms with Crippen molar-refractivity contribution < 1.29 is 30.0 Å². The Balaban J connectivity index is 2.89. The monoisotopic (exact) mass is 235 g/mol. The normalized spacial score (nSPS) is 41.7. The summed E-state index contributed by atoms with van der Waals surface area (Å²) in [5.41, 5.74) is 3.58. The fraction of sp³-hybridized carbons (Fsp3) is 0.889. The van der Waals surface area contributed by atoms with Crippen LogP contribution in [0.2, 0.25) is 0 Å². The number of hydrogen-bond donors (Lipinski definition) is 5. The topological polar surface area (TPSA) is 133 Å². The number of aliphatic carboxylic acids is 1. The van der Waals surface area contributed by atoms with Gasteiger partial charge >= 0.3 is 5.97 Å². The van der Waals surface area contributed by atoms with Crippen LogP contribution in [0, 0.1) is 0 Å². The lowest BCUT2D eigenvalue weighted by molar-refractivity contribution is -0.237. The molecule has 7 nitrogen and oxygen atoms in total. The number of carboxylic acids is 1. The van der Waals surface area contributed by atoms with Gasteiger partial charge in [-0.2, -0.15) is 0 Å². The Morgan fingerprint density at radius 2 is 2.19 bits per heavy atom. The van der Waals surface area contributed by atoms with Gasteiger partial charge in [-0.1, -0.05) is 0 Å². The molecule has 1 saturated heterocycles. The van der Waals surface area contributed by atoms with Gasteiger partial charge in [0.1, 0.15) is 12.2 Å². The highest BCUT2D eigenvalue weighted by Gasteiger charge is 2.49. The van der Waals surface area contributed by atoms with E-state index in [9.17, 15) is 20.1 Å². The molecule has 0 saturated carbocycles. The van der Waals surface area contributed by atoms with Crippen LogP contribution in [-0.4, -0.2) is 63.0 Å². The lowest BCUT2D eigenvalue weighted by Crippen LogP contribution is -2.61. The van der Waals surface area contributed by atoms with E-state index in [0.717, 1.165) is 0 Å². The quantitative estimate of drug-likeness (QED) is 0.370. The van der Waals surface area contributed by atoms with Crippen molar-refractivity contribution in [2.24, 2.45) is 5.73 Å². The highest BCUT2D eigenvalue weighted by molar-refractivity contribution is 5.77. The largest absolute Gasteiger partial charge is 0.479 e. The van der Waals surface area contributed by atoms with Gasteiger partial charge in [0.25, 0.3) is 0 Å². The maximum atomic E-state index is 11.0. The summed E-state index contributed by atoms with van der Waals surface area (Å²) in [6.45, 7) is 1.09. The van der Waals surface area contributed by atoms with Crippen LogP contribution in [0.15, 0.2) is 0 Å². The molecule has 5 atom stereocenters. The van der Waals surface area contributed by atoms with Gasteiger partial charge in [0.15, 0.2) is 5.60 Å². The van der Waals surface area contributed by atoms with Crippen molar-refractivity contribution in [1.82, 2.24) is 0 Å². The molecule has 6 N–H and O–H groups in total. The molecule has 7 heteroatoms. The van der Waals surface area contributed by atoms with Crippen LogP contribution in [0.5, 0.6) is 0 Å². The minimum atomic E-state index is -1.63. The van der Waals surface area contributed by atoms with Crippen molar-refractivity contribution in [2.45, 2.75) is 43.4 Å². The average molecular weight is 235 g/mol. The first-order chi connectivity index (χ1) is 7.31. The molecule has 1 heterocycles. The zero-order valence-electron chi connectivity index (χ0n) is 8.91. The first-order valence-corrected chi connectivity index (χ1v) is 4.97. The van der Waals surface area contributed by atoms with E-state index in [1.807, 2.05) is 0 Å². The van der Waals surface area contributed by atoms with Crippen LogP contribution in [0.3, 0.4) is 0 Å². The van der Waals surface area contributed by atoms with Crippen molar-refractivity contribution >= 4 is 5.97 Å². The molecule has 0 aliphatic carbocycles. The summed E-state index contributed by atoms with van der Waals surface area (Å²) in [6.07, 6.45) is -5.26. The molecule has 0 aromatic rings. The zero-order chi connectivity index (χ0) is 12.5. The van der Waals surface area contributed by atoms with E-state index in [0.29, 0.717) is 0 Å². The molecular formula is C9H17NO6. The summed E-state index contributed by atoms with van der Waals surface area (Å²) in [5, 5.41) is 37.5. The number of hydrogen-bond acceptors (Lipinski definition) is 6. The van der Waals surface area contributed by atoms with Gasteiger partial charge in [-0.25, -0.2) is 4.79 Å². The van der Waals surface area contributed by atoms with Crippen LogP contribution in [0.25, 0.3) is 0 Å². The molecule has 0 amide bonds. The number of aliphatic hydroxyl groups is 3. The number of ether oxygens (including phenoxy) is 1. The molecule has 0 aromatic carbocycles. The van der Waals surface area contributed by atoms with E-state index < -0.39 is 36.0 Å². The fourth-order valence-corrected chi connectivity index (χ4v) is 1.73. The van der Waals surface area contributed by atoms with Crippen LogP contribution in [0.1, 0.15) is 13.3 Å². The summed E-state index contributed by atoms with van der Waals surface area (Å²) >= 11 is 0. The van der Waals surface area contributed by atoms with E-state index in [-0.39, 0.29) is 13.0 Å². The van der Waals surface area contributed by atoms with E-state index in [2.05, 4.69) is 0 Å². The van der Waals surface area contributed by atoms with Gasteiger partial charge in [0.05, 0.1) is 12.2 Å². The second-order valence-corrected chi connectivity index (χ2v) is 4.18. The maximum Gasteiger partial charge on any atom is 0.335 e. The van der Waals surface area contributed by atoms with Crippen LogP contribution in [0.4, 0.5) is 0 Å². The number of carboxylic acid groups (broad SMARTS) is 1. The summed E-state index contributed by atoms with van der Waals surface area (Å²) in [4.78, 5) is 11.0. The number of rotatable bonds is 3. The van der Waals surface area contributed by atoms with E-state index >= 15 is 0 Å². The highest BCUT2D eigenvalue weighted by Crippen LogP contribution is 2.30. The molecule has 0 aromatic heterocycles. The Morgan fingerprint density at radius 3 is 2.62 bits per heavy atom. The Hall–Kier alpha value is -0.730. The van der Waals surface area contributed by atoms with Gasteiger partial charge in [0.2, 0.25) is 0 Å². The van der Waals surface area contributed by atoms with Crippen molar-refractivity contribution in [3.8, 4) is 0 Å². The highest BCUT2D eigenvalue weighted by atomic mass is 16.6. The fourth-order valence-electron chi connectivity index (χ4n) is 1.73. The molecule has 1 fully saturated rings. The van der Waals surface area contributed by atoms with E-state index in [4.69, 9.17) is 15.6 Å². The standard InChI is InChI=1S/C9H17NO6/c1-9(8(14)15)2-4(11)6(13)7(16-9)5(12)3-10/h4-7,11-13H,2-3,10H2,1H3,(H,14,15)/t4-,5+,6?,7?,9+/m0/s1. The van der Waals surface area contributed by atoms with Gasteiger partial charge in [0, 0.05) is 13.0 Å². The average Bonchev–Trinajstić information content (AvgIpc) is 2.22. The molecule has 0 radical (unpaired) electrons. The Kier molecular flexibility index (Phi) is 3.87. The van der Waals surface area contributed by atoms with Crippen LogP contribution < -0.4 is 5.73 Å². The number of carbonyl (C=O) groups is 1. The second kappa shape index (κ2) is 4.64. The maximum absolute atomic E-state index is 11.0. The third kappa shape index (κ3) is 2.33. The lowest BCUT2D eigenvalue weighted by Gasteiger charge is -2.42. The summed E-state index contributed by atoms with van der Waals surface area (Å²) in [5.74, 6) is -1.26. The first-order valence-electron chi connectivity index (χ1n) is 4.97. The molecule has 1 rings (SSSR count).